The summed E-state index contributed by atoms with van der Waals surface area (Å²) in [5.74, 6) is 0.0758. The van der Waals surface area contributed by atoms with Gasteiger partial charge in [0.25, 0.3) is 0 Å². The second kappa shape index (κ2) is 7.67. The van der Waals surface area contributed by atoms with Crippen molar-refractivity contribution < 1.29 is 4.79 Å². The molecule has 1 amide bonds. The van der Waals surface area contributed by atoms with Gasteiger partial charge >= 0.3 is 0 Å². The van der Waals surface area contributed by atoms with Crippen molar-refractivity contribution in [3.8, 4) is 0 Å². The summed E-state index contributed by atoms with van der Waals surface area (Å²) in [4.78, 5) is 15.6. The van der Waals surface area contributed by atoms with E-state index in [9.17, 15) is 4.79 Å². The summed E-state index contributed by atoms with van der Waals surface area (Å²) in [6, 6.07) is 8.44. The summed E-state index contributed by atoms with van der Waals surface area (Å²) in [6.07, 6.45) is 3.10. The van der Waals surface area contributed by atoms with Crippen LogP contribution in [0.3, 0.4) is 0 Å². The van der Waals surface area contributed by atoms with Crippen molar-refractivity contribution in [3.05, 3.63) is 24.3 Å². The lowest BCUT2D eigenvalue weighted by molar-refractivity contribution is -0.118. The van der Waals surface area contributed by atoms with Crippen LogP contribution in [0, 0.1) is 0 Å². The monoisotopic (exact) mass is 293 g/mol. The highest BCUT2D eigenvalue weighted by atomic mass is 32.2. The molecule has 2 N–H and O–H groups in total. The van der Waals surface area contributed by atoms with E-state index in [4.69, 9.17) is 0 Å². The molecule has 110 valence electrons. The molecule has 2 rings (SSSR count). The average Bonchev–Trinajstić information content (AvgIpc) is 2.37. The molecule has 1 saturated heterocycles. The zero-order chi connectivity index (χ0) is 14.4. The number of rotatable bonds is 7. The van der Waals surface area contributed by atoms with Gasteiger partial charge in [0.15, 0.2) is 0 Å². The Morgan fingerprint density at radius 1 is 1.45 bits per heavy atom. The van der Waals surface area contributed by atoms with Crippen LogP contribution in [0.15, 0.2) is 29.2 Å². The van der Waals surface area contributed by atoms with Crippen molar-refractivity contribution in [1.82, 2.24) is 10.2 Å². The Kier molecular flexibility index (Phi) is 5.88. The molecule has 1 aliphatic heterocycles. The van der Waals surface area contributed by atoms with Crippen LogP contribution in [0.1, 0.15) is 13.3 Å². The number of carbonyl (C=O) groups excluding carboxylic acids is 1. The number of anilines is 1. The highest BCUT2D eigenvalue weighted by Gasteiger charge is 2.25. The molecule has 0 aromatic heterocycles. The van der Waals surface area contributed by atoms with Gasteiger partial charge in [-0.2, -0.15) is 0 Å². The summed E-state index contributed by atoms with van der Waals surface area (Å²) >= 11 is 1.65. The number of benzene rings is 1. The Bertz CT molecular complexity index is 448. The van der Waals surface area contributed by atoms with Gasteiger partial charge in [-0.1, -0.05) is 19.1 Å². The van der Waals surface area contributed by atoms with Crippen LogP contribution in [0.2, 0.25) is 0 Å². The number of hydrogen-bond acceptors (Lipinski definition) is 4. The van der Waals surface area contributed by atoms with E-state index in [0.717, 1.165) is 36.6 Å². The maximum absolute atomic E-state index is 12.2. The molecular formula is C15H23N3OS. The zero-order valence-electron chi connectivity index (χ0n) is 12.2. The Balaban J connectivity index is 1.93. The van der Waals surface area contributed by atoms with Gasteiger partial charge in [0.05, 0.1) is 12.2 Å². The SMILES string of the molecule is CCCN(CC(=O)Nc1ccccc1SC)C1CNC1. The van der Waals surface area contributed by atoms with Crippen molar-refractivity contribution in [2.24, 2.45) is 0 Å². The summed E-state index contributed by atoms with van der Waals surface area (Å²) < 4.78 is 0. The van der Waals surface area contributed by atoms with E-state index in [1.165, 1.54) is 0 Å². The molecule has 0 spiro atoms. The van der Waals surface area contributed by atoms with Crippen LogP contribution in [-0.2, 0) is 4.79 Å². The maximum atomic E-state index is 12.2. The highest BCUT2D eigenvalue weighted by molar-refractivity contribution is 7.98. The summed E-state index contributed by atoms with van der Waals surface area (Å²) in [6.45, 7) is 5.59. The van der Waals surface area contributed by atoms with Crippen LogP contribution >= 0.6 is 11.8 Å². The predicted molar refractivity (Wildman–Crippen MR) is 85.4 cm³/mol. The van der Waals surface area contributed by atoms with Gasteiger partial charge < -0.3 is 10.6 Å². The van der Waals surface area contributed by atoms with Crippen molar-refractivity contribution in [2.75, 3.05) is 37.8 Å². The molecule has 4 nitrogen and oxygen atoms in total. The largest absolute Gasteiger partial charge is 0.324 e. The fraction of sp³-hybridized carbons (Fsp3) is 0.533. The lowest BCUT2D eigenvalue weighted by Gasteiger charge is -2.37. The minimum absolute atomic E-state index is 0.0758. The number of amides is 1. The highest BCUT2D eigenvalue weighted by Crippen LogP contribution is 2.24. The normalized spacial score (nSPS) is 15.2. The Labute approximate surface area is 125 Å². The first kappa shape index (κ1) is 15.4. The molecule has 0 radical (unpaired) electrons. The molecule has 0 bridgehead atoms. The molecule has 20 heavy (non-hydrogen) atoms. The van der Waals surface area contributed by atoms with E-state index in [1.54, 1.807) is 11.8 Å². The van der Waals surface area contributed by atoms with Crippen LogP contribution in [-0.4, -0.2) is 49.3 Å². The van der Waals surface area contributed by atoms with Gasteiger partial charge in [0.2, 0.25) is 5.91 Å². The van der Waals surface area contributed by atoms with Crippen LogP contribution in [0.25, 0.3) is 0 Å². The van der Waals surface area contributed by atoms with Crippen molar-refractivity contribution in [1.29, 1.82) is 0 Å². The van der Waals surface area contributed by atoms with E-state index >= 15 is 0 Å². The number of nitrogens with zero attached hydrogens (tertiary/aromatic N) is 1. The van der Waals surface area contributed by atoms with E-state index in [2.05, 4.69) is 22.5 Å². The smallest absolute Gasteiger partial charge is 0.238 e. The van der Waals surface area contributed by atoms with E-state index in [1.807, 2.05) is 30.5 Å². The topological polar surface area (TPSA) is 44.4 Å². The fourth-order valence-corrected chi connectivity index (χ4v) is 2.89. The Hall–Kier alpha value is -1.04. The van der Waals surface area contributed by atoms with Crippen LogP contribution in [0.4, 0.5) is 5.69 Å². The zero-order valence-corrected chi connectivity index (χ0v) is 13.0. The molecule has 0 saturated carbocycles. The Morgan fingerprint density at radius 2 is 2.20 bits per heavy atom. The van der Waals surface area contributed by atoms with E-state index < -0.39 is 0 Å². The van der Waals surface area contributed by atoms with E-state index in [0.29, 0.717) is 12.6 Å². The first-order valence-corrected chi connectivity index (χ1v) is 8.34. The number of hydrogen-bond donors (Lipinski definition) is 2. The van der Waals surface area contributed by atoms with Crippen LogP contribution in [0.5, 0.6) is 0 Å². The quantitative estimate of drug-likeness (QED) is 0.755. The van der Waals surface area contributed by atoms with Crippen molar-refractivity contribution >= 4 is 23.4 Å². The molecule has 1 fully saturated rings. The molecule has 5 heteroatoms. The number of para-hydroxylation sites is 1. The van der Waals surface area contributed by atoms with Crippen molar-refractivity contribution in [3.63, 3.8) is 0 Å². The molecule has 1 aliphatic rings. The fourth-order valence-electron chi connectivity index (χ4n) is 2.33. The summed E-state index contributed by atoms with van der Waals surface area (Å²) in [5.41, 5.74) is 0.910. The van der Waals surface area contributed by atoms with Gasteiger partial charge in [-0.3, -0.25) is 9.69 Å². The molecule has 1 aromatic carbocycles. The third-order valence-corrected chi connectivity index (χ3v) is 4.31. The average molecular weight is 293 g/mol. The first-order valence-electron chi connectivity index (χ1n) is 7.12. The molecule has 0 aliphatic carbocycles. The predicted octanol–water partition coefficient (Wildman–Crippen LogP) is 2.03. The second-order valence-corrected chi connectivity index (χ2v) is 5.88. The minimum Gasteiger partial charge on any atom is -0.324 e. The summed E-state index contributed by atoms with van der Waals surface area (Å²) in [7, 11) is 0. The number of nitrogens with one attached hydrogen (secondary N) is 2. The van der Waals surface area contributed by atoms with E-state index in [-0.39, 0.29) is 5.91 Å². The van der Waals surface area contributed by atoms with Gasteiger partial charge in [0, 0.05) is 24.0 Å². The van der Waals surface area contributed by atoms with Crippen LogP contribution < -0.4 is 10.6 Å². The molecule has 1 heterocycles. The van der Waals surface area contributed by atoms with Gasteiger partial charge in [0.1, 0.15) is 0 Å². The molecule has 0 unspecified atom stereocenters. The molecule has 0 atom stereocenters. The standard InChI is InChI=1S/C15H23N3OS/c1-3-8-18(12-9-16-10-12)11-15(19)17-13-6-4-5-7-14(13)20-2/h4-7,12,16H,3,8-11H2,1-2H3,(H,17,19). The lowest BCUT2D eigenvalue weighted by Crippen LogP contribution is -2.58. The number of thioether (sulfide) groups is 1. The third kappa shape index (κ3) is 3.98. The van der Waals surface area contributed by atoms with Gasteiger partial charge in [-0.25, -0.2) is 0 Å². The Morgan fingerprint density at radius 3 is 2.80 bits per heavy atom. The molecule has 1 aromatic rings. The van der Waals surface area contributed by atoms with Gasteiger partial charge in [-0.05, 0) is 31.4 Å². The summed E-state index contributed by atoms with van der Waals surface area (Å²) in [5, 5.41) is 6.30. The minimum atomic E-state index is 0.0758. The number of carbonyl (C=O) groups is 1. The second-order valence-electron chi connectivity index (χ2n) is 5.03. The maximum Gasteiger partial charge on any atom is 0.238 e. The third-order valence-electron chi connectivity index (χ3n) is 3.51. The lowest BCUT2D eigenvalue weighted by atomic mass is 10.1. The van der Waals surface area contributed by atoms with Crippen molar-refractivity contribution in [2.45, 2.75) is 24.3 Å². The molecular weight excluding hydrogens is 270 g/mol. The van der Waals surface area contributed by atoms with Gasteiger partial charge in [-0.15, -0.1) is 11.8 Å². The first-order chi connectivity index (χ1) is 9.74.